The number of likely N-dealkylation sites (N-methyl/N-ethyl adjacent to an activating group) is 1. The molecule has 1 unspecified atom stereocenters. The summed E-state index contributed by atoms with van der Waals surface area (Å²) in [5, 5.41) is 1.12. The smallest absolute Gasteiger partial charge is 0.255 e. The molecular weight excluding hydrogens is 314 g/mol. The van der Waals surface area contributed by atoms with E-state index in [0.29, 0.717) is 12.6 Å². The molecule has 0 N–H and O–H groups in total. The largest absolute Gasteiger partial charge is 0.377 e. The normalized spacial score (nSPS) is 17.9. The van der Waals surface area contributed by atoms with Gasteiger partial charge in [-0.1, -0.05) is 18.2 Å². The number of rotatable bonds is 7. The Labute approximate surface area is 149 Å². The predicted molar refractivity (Wildman–Crippen MR) is 102 cm³/mol. The number of aryl methyl sites for hydroxylation is 1. The zero-order valence-electron chi connectivity index (χ0n) is 15.6. The average molecular weight is 343 g/mol. The van der Waals surface area contributed by atoms with Crippen molar-refractivity contribution in [2.45, 2.75) is 25.5 Å². The van der Waals surface area contributed by atoms with E-state index in [1.54, 1.807) is 4.57 Å². The van der Waals surface area contributed by atoms with Gasteiger partial charge in [-0.05, 0) is 44.5 Å². The second-order valence-corrected chi connectivity index (χ2v) is 7.27. The summed E-state index contributed by atoms with van der Waals surface area (Å²) in [6, 6.07) is 10.1. The second kappa shape index (κ2) is 8.13. The third-order valence-electron chi connectivity index (χ3n) is 4.95. The molecule has 5 heteroatoms. The van der Waals surface area contributed by atoms with Gasteiger partial charge in [0.05, 0.1) is 11.6 Å². The van der Waals surface area contributed by atoms with Crippen LogP contribution in [0.25, 0.3) is 10.9 Å². The molecule has 1 aliphatic heterocycles. The number of nitrogens with zero attached hydrogens (tertiary/aromatic N) is 3. The SMILES string of the molecule is CN(C)CCN(Cc1cc2ccccc2n(C)c1=O)CC1CCCO1. The Hall–Kier alpha value is -1.69. The highest BCUT2D eigenvalue weighted by Gasteiger charge is 2.20. The highest BCUT2D eigenvalue weighted by Crippen LogP contribution is 2.16. The fourth-order valence-corrected chi connectivity index (χ4v) is 3.50. The summed E-state index contributed by atoms with van der Waals surface area (Å²) in [5.41, 5.74) is 1.94. The van der Waals surface area contributed by atoms with Gasteiger partial charge in [-0.15, -0.1) is 0 Å². The average Bonchev–Trinajstić information content (AvgIpc) is 3.10. The van der Waals surface area contributed by atoms with E-state index in [2.05, 4.69) is 36.0 Å². The molecular formula is C20H29N3O2. The van der Waals surface area contributed by atoms with Crippen molar-refractivity contribution in [2.75, 3.05) is 40.3 Å². The summed E-state index contributed by atoms with van der Waals surface area (Å²) in [6.45, 7) is 4.34. The topological polar surface area (TPSA) is 37.7 Å². The van der Waals surface area contributed by atoms with Gasteiger partial charge in [0.25, 0.3) is 5.56 Å². The third-order valence-corrected chi connectivity index (χ3v) is 4.95. The molecule has 5 nitrogen and oxygen atoms in total. The molecule has 1 saturated heterocycles. The van der Waals surface area contributed by atoms with E-state index in [9.17, 15) is 4.79 Å². The number of fused-ring (bicyclic) bond motifs is 1. The van der Waals surface area contributed by atoms with Crippen LogP contribution in [-0.4, -0.2) is 60.8 Å². The molecule has 0 aliphatic carbocycles. The molecule has 1 atom stereocenters. The van der Waals surface area contributed by atoms with Crippen molar-refractivity contribution in [3.05, 3.63) is 46.2 Å². The number of pyridine rings is 1. The zero-order valence-corrected chi connectivity index (χ0v) is 15.6. The lowest BCUT2D eigenvalue weighted by Crippen LogP contribution is -2.38. The van der Waals surface area contributed by atoms with E-state index in [4.69, 9.17) is 4.74 Å². The quantitative estimate of drug-likeness (QED) is 0.771. The highest BCUT2D eigenvalue weighted by atomic mass is 16.5. The van der Waals surface area contributed by atoms with Gasteiger partial charge in [0.1, 0.15) is 0 Å². The lowest BCUT2D eigenvalue weighted by atomic mass is 10.1. The minimum absolute atomic E-state index is 0.0980. The molecule has 1 aromatic heterocycles. The van der Waals surface area contributed by atoms with E-state index >= 15 is 0 Å². The first-order valence-electron chi connectivity index (χ1n) is 9.11. The lowest BCUT2D eigenvalue weighted by Gasteiger charge is -2.26. The first-order chi connectivity index (χ1) is 12.0. The van der Waals surface area contributed by atoms with Gasteiger partial charge in [0.15, 0.2) is 0 Å². The van der Waals surface area contributed by atoms with Crippen molar-refractivity contribution >= 4 is 10.9 Å². The highest BCUT2D eigenvalue weighted by molar-refractivity contribution is 5.79. The number of para-hydroxylation sites is 1. The number of ether oxygens (including phenoxy) is 1. The van der Waals surface area contributed by atoms with E-state index in [1.807, 2.05) is 25.2 Å². The van der Waals surface area contributed by atoms with Crippen LogP contribution in [0.1, 0.15) is 18.4 Å². The standard InChI is InChI=1S/C20H29N3O2/c1-21(2)10-11-23(15-18-8-6-12-25-18)14-17-13-16-7-4-5-9-19(16)22(3)20(17)24/h4-5,7,9,13,18H,6,8,10-12,14-15H2,1-3H3. The van der Waals surface area contributed by atoms with Gasteiger partial charge in [-0.2, -0.15) is 0 Å². The molecule has 136 valence electrons. The molecule has 3 rings (SSSR count). The van der Waals surface area contributed by atoms with Gasteiger partial charge in [-0.3, -0.25) is 9.69 Å². The molecule has 0 bridgehead atoms. The Kier molecular flexibility index (Phi) is 5.89. The minimum Gasteiger partial charge on any atom is -0.377 e. The van der Waals surface area contributed by atoms with E-state index < -0.39 is 0 Å². The van der Waals surface area contributed by atoms with Gasteiger partial charge in [0, 0.05) is 45.4 Å². The van der Waals surface area contributed by atoms with Gasteiger partial charge in [0.2, 0.25) is 0 Å². The van der Waals surface area contributed by atoms with Crippen molar-refractivity contribution in [1.29, 1.82) is 0 Å². The van der Waals surface area contributed by atoms with Crippen LogP contribution >= 0.6 is 0 Å². The predicted octanol–water partition coefficient (Wildman–Crippen LogP) is 2.08. The molecule has 2 aromatic rings. The van der Waals surface area contributed by atoms with E-state index in [1.165, 1.54) is 0 Å². The summed E-state index contributed by atoms with van der Waals surface area (Å²) >= 11 is 0. The Balaban J connectivity index is 1.83. The van der Waals surface area contributed by atoms with Crippen LogP contribution in [0.2, 0.25) is 0 Å². The summed E-state index contributed by atoms with van der Waals surface area (Å²) in [6.07, 6.45) is 2.56. The molecule has 1 aliphatic rings. The van der Waals surface area contributed by atoms with Gasteiger partial charge < -0.3 is 14.2 Å². The van der Waals surface area contributed by atoms with Crippen LogP contribution in [0.5, 0.6) is 0 Å². The maximum absolute atomic E-state index is 12.8. The van der Waals surface area contributed by atoms with Gasteiger partial charge >= 0.3 is 0 Å². The molecule has 0 spiro atoms. The van der Waals surface area contributed by atoms with Crippen LogP contribution < -0.4 is 5.56 Å². The Morgan fingerprint density at radius 1 is 1.24 bits per heavy atom. The first kappa shape index (κ1) is 18.1. The molecule has 2 heterocycles. The Morgan fingerprint density at radius 3 is 2.76 bits per heavy atom. The van der Waals surface area contributed by atoms with Crippen molar-refractivity contribution in [3.63, 3.8) is 0 Å². The second-order valence-electron chi connectivity index (χ2n) is 7.27. The summed E-state index contributed by atoms with van der Waals surface area (Å²) in [5.74, 6) is 0. The third kappa shape index (κ3) is 4.48. The summed E-state index contributed by atoms with van der Waals surface area (Å²) in [4.78, 5) is 17.3. The van der Waals surface area contributed by atoms with Crippen LogP contribution in [0, 0.1) is 0 Å². The van der Waals surface area contributed by atoms with Gasteiger partial charge in [-0.25, -0.2) is 0 Å². The Morgan fingerprint density at radius 2 is 2.04 bits per heavy atom. The van der Waals surface area contributed by atoms with Crippen molar-refractivity contribution in [1.82, 2.24) is 14.4 Å². The first-order valence-corrected chi connectivity index (χ1v) is 9.11. The molecule has 25 heavy (non-hydrogen) atoms. The fourth-order valence-electron chi connectivity index (χ4n) is 3.50. The van der Waals surface area contributed by atoms with Crippen molar-refractivity contribution in [2.24, 2.45) is 7.05 Å². The number of benzene rings is 1. The van der Waals surface area contributed by atoms with Crippen molar-refractivity contribution < 1.29 is 4.74 Å². The Bertz CT molecular complexity index is 763. The lowest BCUT2D eigenvalue weighted by molar-refractivity contribution is 0.0681. The zero-order chi connectivity index (χ0) is 17.8. The monoisotopic (exact) mass is 343 g/mol. The number of hydrogen-bond donors (Lipinski definition) is 0. The number of aromatic nitrogens is 1. The fraction of sp³-hybridized carbons (Fsp3) is 0.550. The van der Waals surface area contributed by atoms with E-state index in [-0.39, 0.29) is 5.56 Å². The molecule has 0 amide bonds. The maximum Gasteiger partial charge on any atom is 0.255 e. The molecule has 1 aromatic carbocycles. The maximum atomic E-state index is 12.8. The van der Waals surface area contributed by atoms with Crippen LogP contribution in [0.3, 0.4) is 0 Å². The van der Waals surface area contributed by atoms with Crippen molar-refractivity contribution in [3.8, 4) is 0 Å². The number of hydrogen-bond acceptors (Lipinski definition) is 4. The summed E-state index contributed by atoms with van der Waals surface area (Å²) < 4.78 is 7.58. The summed E-state index contributed by atoms with van der Waals surface area (Å²) in [7, 11) is 6.02. The minimum atomic E-state index is 0.0980. The molecule has 1 fully saturated rings. The van der Waals surface area contributed by atoms with Crippen LogP contribution in [0.15, 0.2) is 35.1 Å². The van der Waals surface area contributed by atoms with E-state index in [0.717, 1.165) is 55.5 Å². The van der Waals surface area contributed by atoms with Crippen LogP contribution in [-0.2, 0) is 18.3 Å². The molecule has 0 radical (unpaired) electrons. The van der Waals surface area contributed by atoms with Crippen LogP contribution in [0.4, 0.5) is 0 Å². The molecule has 0 saturated carbocycles.